The Labute approximate surface area is 124 Å². The van der Waals surface area contributed by atoms with Gasteiger partial charge in [0.15, 0.2) is 0 Å². The van der Waals surface area contributed by atoms with Crippen molar-refractivity contribution in [2.75, 3.05) is 13.2 Å². The minimum absolute atomic E-state index is 0.0631. The second-order valence-electron chi connectivity index (χ2n) is 4.80. The average Bonchev–Trinajstić information content (AvgIpc) is 2.38. The molecule has 0 spiro atoms. The van der Waals surface area contributed by atoms with Gasteiger partial charge in [0.25, 0.3) is 5.69 Å². The molecule has 0 aliphatic rings. The van der Waals surface area contributed by atoms with Crippen LogP contribution in [0.25, 0.3) is 0 Å². The lowest BCUT2D eigenvalue weighted by Crippen LogP contribution is -2.16. The van der Waals surface area contributed by atoms with Crippen molar-refractivity contribution in [1.29, 1.82) is 0 Å². The highest BCUT2D eigenvalue weighted by molar-refractivity contribution is 6.31. The molecule has 0 aliphatic heterocycles. The Balaban J connectivity index is 2.33. The molecular formula is C14H21ClN2O3. The molecule has 0 aliphatic carbocycles. The van der Waals surface area contributed by atoms with Gasteiger partial charge in [0.05, 0.1) is 21.6 Å². The number of ether oxygens (including phenoxy) is 1. The van der Waals surface area contributed by atoms with Gasteiger partial charge in [0.1, 0.15) is 0 Å². The maximum absolute atomic E-state index is 10.9. The van der Waals surface area contributed by atoms with Crippen LogP contribution in [0.3, 0.4) is 0 Å². The quantitative estimate of drug-likeness (QED) is 0.430. The van der Waals surface area contributed by atoms with Crippen LogP contribution in [0.1, 0.15) is 32.3 Å². The Hall–Kier alpha value is -1.17. The minimum atomic E-state index is -0.403. The predicted molar refractivity (Wildman–Crippen MR) is 80.1 cm³/mol. The molecule has 5 nitrogen and oxygen atoms in total. The van der Waals surface area contributed by atoms with Gasteiger partial charge in [-0.3, -0.25) is 10.1 Å². The monoisotopic (exact) mass is 300 g/mol. The molecule has 20 heavy (non-hydrogen) atoms. The summed E-state index contributed by atoms with van der Waals surface area (Å²) < 4.78 is 5.44. The molecule has 0 radical (unpaired) electrons. The van der Waals surface area contributed by atoms with Gasteiger partial charge in [-0.05, 0) is 39.3 Å². The van der Waals surface area contributed by atoms with E-state index in [4.69, 9.17) is 16.3 Å². The number of nitrogens with zero attached hydrogens (tertiary/aromatic N) is 1. The van der Waals surface area contributed by atoms with Crippen LogP contribution in [0.15, 0.2) is 18.2 Å². The molecule has 0 fully saturated rings. The third kappa shape index (κ3) is 5.86. The maximum atomic E-state index is 10.9. The van der Waals surface area contributed by atoms with E-state index in [9.17, 15) is 10.1 Å². The maximum Gasteiger partial charge on any atom is 0.275 e. The van der Waals surface area contributed by atoms with E-state index >= 15 is 0 Å². The molecule has 1 N–H and O–H groups in total. The number of hydrogen-bond donors (Lipinski definition) is 1. The van der Waals surface area contributed by atoms with Crippen molar-refractivity contribution in [2.45, 2.75) is 39.3 Å². The Morgan fingerprint density at radius 2 is 2.15 bits per heavy atom. The van der Waals surface area contributed by atoms with Gasteiger partial charge < -0.3 is 10.1 Å². The van der Waals surface area contributed by atoms with E-state index in [2.05, 4.69) is 5.32 Å². The van der Waals surface area contributed by atoms with E-state index in [0.29, 0.717) is 17.1 Å². The summed E-state index contributed by atoms with van der Waals surface area (Å²) in [5, 5.41) is 14.5. The van der Waals surface area contributed by atoms with Crippen molar-refractivity contribution in [3.8, 4) is 0 Å². The van der Waals surface area contributed by atoms with Crippen LogP contribution in [0, 0.1) is 10.1 Å². The van der Waals surface area contributed by atoms with Crippen LogP contribution < -0.4 is 5.32 Å². The van der Waals surface area contributed by atoms with Gasteiger partial charge in [-0.1, -0.05) is 17.7 Å². The predicted octanol–water partition coefficient (Wildman–Crippen LogP) is 3.54. The van der Waals surface area contributed by atoms with Crippen molar-refractivity contribution < 1.29 is 9.66 Å². The van der Waals surface area contributed by atoms with Gasteiger partial charge in [0, 0.05) is 19.2 Å². The lowest BCUT2D eigenvalue weighted by Gasteiger charge is -2.09. The number of rotatable bonds is 9. The van der Waals surface area contributed by atoms with Gasteiger partial charge in [0.2, 0.25) is 0 Å². The number of halogens is 1. The molecule has 6 heteroatoms. The van der Waals surface area contributed by atoms with Crippen molar-refractivity contribution in [1.82, 2.24) is 5.32 Å². The summed E-state index contributed by atoms with van der Waals surface area (Å²) in [6.07, 6.45) is 2.19. The first-order valence-corrected chi connectivity index (χ1v) is 7.14. The molecule has 0 saturated carbocycles. The Bertz CT molecular complexity index is 438. The van der Waals surface area contributed by atoms with E-state index in [-0.39, 0.29) is 11.8 Å². The number of nitro groups is 1. The van der Waals surface area contributed by atoms with Crippen LogP contribution in [0.2, 0.25) is 5.02 Å². The molecule has 0 amide bonds. The van der Waals surface area contributed by atoms with Gasteiger partial charge >= 0.3 is 0 Å². The SMILES string of the molecule is CC(C)OCCCCNCc1c(Cl)cccc1[N+](=O)[O-]. The number of nitrogens with one attached hydrogen (secondary N) is 1. The summed E-state index contributed by atoms with van der Waals surface area (Å²) in [7, 11) is 0. The van der Waals surface area contributed by atoms with Crippen LogP contribution in [0.4, 0.5) is 5.69 Å². The fraction of sp³-hybridized carbons (Fsp3) is 0.571. The van der Waals surface area contributed by atoms with Crippen LogP contribution in [-0.2, 0) is 11.3 Å². The van der Waals surface area contributed by atoms with E-state index in [1.165, 1.54) is 6.07 Å². The molecule has 112 valence electrons. The second kappa shape index (κ2) is 8.89. The highest BCUT2D eigenvalue weighted by atomic mass is 35.5. The molecule has 0 bridgehead atoms. The molecule has 0 saturated heterocycles. The van der Waals surface area contributed by atoms with E-state index in [1.807, 2.05) is 13.8 Å². The van der Waals surface area contributed by atoms with E-state index in [0.717, 1.165) is 26.0 Å². The van der Waals surface area contributed by atoms with Crippen molar-refractivity contribution in [3.05, 3.63) is 38.9 Å². The molecule has 0 atom stereocenters. The topological polar surface area (TPSA) is 64.4 Å². The van der Waals surface area contributed by atoms with Gasteiger partial charge in [-0.2, -0.15) is 0 Å². The molecule has 0 aromatic heterocycles. The number of hydrogen-bond acceptors (Lipinski definition) is 4. The summed E-state index contributed by atoms with van der Waals surface area (Å²) >= 11 is 6.01. The fourth-order valence-corrected chi connectivity index (χ4v) is 2.01. The molecule has 1 aromatic rings. The highest BCUT2D eigenvalue weighted by Crippen LogP contribution is 2.25. The minimum Gasteiger partial charge on any atom is -0.379 e. The lowest BCUT2D eigenvalue weighted by atomic mass is 10.1. The average molecular weight is 301 g/mol. The highest BCUT2D eigenvalue weighted by Gasteiger charge is 2.15. The Kier molecular flexibility index (Phi) is 7.51. The summed E-state index contributed by atoms with van der Waals surface area (Å²) in [6.45, 7) is 5.94. The van der Waals surface area contributed by atoms with Crippen molar-refractivity contribution in [2.24, 2.45) is 0 Å². The zero-order chi connectivity index (χ0) is 15.0. The van der Waals surface area contributed by atoms with Crippen LogP contribution in [0.5, 0.6) is 0 Å². The summed E-state index contributed by atoms with van der Waals surface area (Å²) in [4.78, 5) is 10.5. The molecule has 1 aromatic carbocycles. The Morgan fingerprint density at radius 3 is 2.80 bits per heavy atom. The molecule has 0 unspecified atom stereocenters. The fourth-order valence-electron chi connectivity index (χ4n) is 1.78. The third-order valence-corrected chi connectivity index (χ3v) is 3.15. The summed E-state index contributed by atoms with van der Waals surface area (Å²) in [5.74, 6) is 0. The van der Waals surface area contributed by atoms with Gasteiger partial charge in [-0.25, -0.2) is 0 Å². The smallest absolute Gasteiger partial charge is 0.275 e. The van der Waals surface area contributed by atoms with Crippen LogP contribution in [-0.4, -0.2) is 24.2 Å². The van der Waals surface area contributed by atoms with E-state index in [1.54, 1.807) is 12.1 Å². The summed E-state index contributed by atoms with van der Waals surface area (Å²) in [6, 6.07) is 4.73. The van der Waals surface area contributed by atoms with E-state index < -0.39 is 4.92 Å². The zero-order valence-electron chi connectivity index (χ0n) is 11.9. The molecule has 1 rings (SSSR count). The largest absolute Gasteiger partial charge is 0.379 e. The lowest BCUT2D eigenvalue weighted by molar-refractivity contribution is -0.385. The first-order chi connectivity index (χ1) is 9.52. The Morgan fingerprint density at radius 1 is 1.40 bits per heavy atom. The molecular weight excluding hydrogens is 280 g/mol. The number of unbranched alkanes of at least 4 members (excludes halogenated alkanes) is 1. The van der Waals surface area contributed by atoms with Crippen molar-refractivity contribution >= 4 is 17.3 Å². The zero-order valence-corrected chi connectivity index (χ0v) is 12.7. The first kappa shape index (κ1) is 16.9. The van der Waals surface area contributed by atoms with Crippen LogP contribution >= 0.6 is 11.6 Å². The summed E-state index contributed by atoms with van der Waals surface area (Å²) in [5.41, 5.74) is 0.603. The normalized spacial score (nSPS) is 11.0. The first-order valence-electron chi connectivity index (χ1n) is 6.76. The standard InChI is InChI=1S/C14H21ClN2O3/c1-11(2)20-9-4-3-8-16-10-12-13(15)6-5-7-14(12)17(18)19/h5-7,11,16H,3-4,8-10H2,1-2H3. The van der Waals surface area contributed by atoms with Crippen molar-refractivity contribution in [3.63, 3.8) is 0 Å². The second-order valence-corrected chi connectivity index (χ2v) is 5.21. The third-order valence-electron chi connectivity index (χ3n) is 2.79. The number of benzene rings is 1. The van der Waals surface area contributed by atoms with Gasteiger partial charge in [-0.15, -0.1) is 0 Å². The molecule has 0 heterocycles. The number of nitro benzene ring substituents is 1.